The van der Waals surface area contributed by atoms with Gasteiger partial charge >= 0.3 is 0 Å². The molecule has 0 radical (unpaired) electrons. The van der Waals surface area contributed by atoms with Gasteiger partial charge in [-0.05, 0) is 44.1 Å². The van der Waals surface area contributed by atoms with Crippen LogP contribution in [-0.2, 0) is 13.2 Å². The zero-order valence-corrected chi connectivity index (χ0v) is 15.4. The molecule has 1 saturated carbocycles. The van der Waals surface area contributed by atoms with Crippen LogP contribution in [0.25, 0.3) is 0 Å². The molecule has 1 aromatic heterocycles. The largest absolute Gasteiger partial charge is 0.367 e. The van der Waals surface area contributed by atoms with E-state index in [-0.39, 0.29) is 5.82 Å². The zero-order valence-electron chi connectivity index (χ0n) is 14.6. The maximum absolute atomic E-state index is 14.0. The maximum Gasteiger partial charge on any atom is 0.199 e. The first-order chi connectivity index (χ1) is 12.2. The van der Waals surface area contributed by atoms with Gasteiger partial charge < -0.3 is 9.47 Å². The molecule has 0 unspecified atom stereocenters. The molecule has 2 aromatic rings. The molecule has 0 N–H and O–H groups in total. The van der Waals surface area contributed by atoms with Crippen molar-refractivity contribution in [3.05, 3.63) is 40.7 Å². The average Bonchev–Trinajstić information content (AvgIpc) is 3.42. The fraction of sp³-hybridized carbons (Fsp3) is 0.556. The third-order valence-electron chi connectivity index (χ3n) is 5.11. The van der Waals surface area contributed by atoms with Crippen molar-refractivity contribution in [1.82, 2.24) is 19.2 Å². The van der Waals surface area contributed by atoms with E-state index in [2.05, 4.69) is 21.3 Å². The standard InChI is InChI=1S/C18H24FN5S/c1-2-23-17(14-7-8-14)20-24(18(23)25)13-21-9-11-22(12-10-21)16-6-4-3-5-15(16)19/h3-6,14H,2,7-13H2,1H3. The second-order valence-corrected chi connectivity index (χ2v) is 7.22. The number of aromatic nitrogens is 3. The summed E-state index contributed by atoms with van der Waals surface area (Å²) in [6, 6.07) is 7.00. The Hall–Kier alpha value is -1.73. The number of nitrogens with zero attached hydrogens (tertiary/aromatic N) is 5. The predicted octanol–water partition coefficient (Wildman–Crippen LogP) is 3.23. The Morgan fingerprint density at radius 2 is 1.88 bits per heavy atom. The van der Waals surface area contributed by atoms with Crippen LogP contribution < -0.4 is 4.90 Å². The van der Waals surface area contributed by atoms with Crippen LogP contribution in [0.5, 0.6) is 0 Å². The van der Waals surface area contributed by atoms with Gasteiger partial charge in [0.05, 0.1) is 12.4 Å². The van der Waals surface area contributed by atoms with E-state index in [0.29, 0.717) is 11.6 Å². The first kappa shape index (κ1) is 16.7. The second-order valence-electron chi connectivity index (χ2n) is 6.86. The van der Waals surface area contributed by atoms with Gasteiger partial charge in [0.15, 0.2) is 4.77 Å². The van der Waals surface area contributed by atoms with Crippen molar-refractivity contribution in [3.63, 3.8) is 0 Å². The van der Waals surface area contributed by atoms with Gasteiger partial charge in [0, 0.05) is 38.6 Å². The molecular weight excluding hydrogens is 337 g/mol. The van der Waals surface area contributed by atoms with Gasteiger partial charge in [0.2, 0.25) is 0 Å². The van der Waals surface area contributed by atoms with Gasteiger partial charge in [-0.25, -0.2) is 9.07 Å². The quantitative estimate of drug-likeness (QED) is 0.765. The molecule has 0 atom stereocenters. The average molecular weight is 361 g/mol. The molecule has 2 aliphatic rings. The molecule has 5 nitrogen and oxygen atoms in total. The van der Waals surface area contributed by atoms with Crippen molar-refractivity contribution in [1.29, 1.82) is 0 Å². The van der Waals surface area contributed by atoms with Gasteiger partial charge in [-0.15, -0.1) is 0 Å². The first-order valence-corrected chi connectivity index (χ1v) is 9.47. The summed E-state index contributed by atoms with van der Waals surface area (Å²) in [6.07, 6.45) is 2.46. The molecule has 2 heterocycles. The van der Waals surface area contributed by atoms with Crippen molar-refractivity contribution in [2.24, 2.45) is 0 Å². The van der Waals surface area contributed by atoms with Crippen LogP contribution in [0.4, 0.5) is 10.1 Å². The van der Waals surface area contributed by atoms with E-state index >= 15 is 0 Å². The van der Waals surface area contributed by atoms with E-state index in [1.807, 2.05) is 16.8 Å². The minimum absolute atomic E-state index is 0.145. The molecule has 0 spiro atoms. The number of rotatable bonds is 5. The number of halogens is 1. The van der Waals surface area contributed by atoms with E-state index in [1.165, 1.54) is 18.9 Å². The van der Waals surface area contributed by atoms with Crippen LogP contribution in [0, 0.1) is 10.6 Å². The normalized spacial score (nSPS) is 18.7. The van der Waals surface area contributed by atoms with Crippen LogP contribution in [0.15, 0.2) is 24.3 Å². The van der Waals surface area contributed by atoms with Crippen LogP contribution in [-0.4, -0.2) is 45.4 Å². The summed E-state index contributed by atoms with van der Waals surface area (Å²) in [5.41, 5.74) is 0.699. The van der Waals surface area contributed by atoms with Crippen LogP contribution in [0.1, 0.15) is 31.5 Å². The molecule has 0 amide bonds. The molecule has 1 aromatic carbocycles. The number of piperazine rings is 1. The Balaban J connectivity index is 1.42. The highest BCUT2D eigenvalue weighted by Gasteiger charge is 2.30. The monoisotopic (exact) mass is 361 g/mol. The molecular formula is C18H24FN5S. The van der Waals surface area contributed by atoms with Crippen LogP contribution in [0.3, 0.4) is 0 Å². The second kappa shape index (κ2) is 6.88. The third-order valence-corrected chi connectivity index (χ3v) is 5.54. The smallest absolute Gasteiger partial charge is 0.199 e. The summed E-state index contributed by atoms with van der Waals surface area (Å²) in [6.45, 7) is 7.13. The summed E-state index contributed by atoms with van der Waals surface area (Å²) in [5.74, 6) is 1.60. The lowest BCUT2D eigenvalue weighted by Gasteiger charge is -2.35. The third kappa shape index (κ3) is 3.35. The minimum Gasteiger partial charge on any atom is -0.367 e. The van der Waals surface area contributed by atoms with E-state index < -0.39 is 0 Å². The van der Waals surface area contributed by atoms with Gasteiger partial charge in [-0.1, -0.05) is 12.1 Å². The zero-order chi connectivity index (χ0) is 17.4. The molecule has 1 aliphatic carbocycles. The Morgan fingerprint density at radius 1 is 1.16 bits per heavy atom. The fourth-order valence-corrected chi connectivity index (χ4v) is 3.84. The lowest BCUT2D eigenvalue weighted by molar-refractivity contribution is 0.193. The van der Waals surface area contributed by atoms with Gasteiger partial charge in [0.1, 0.15) is 11.6 Å². The molecule has 134 valence electrons. The van der Waals surface area contributed by atoms with E-state index in [4.69, 9.17) is 17.3 Å². The van der Waals surface area contributed by atoms with Crippen LogP contribution >= 0.6 is 12.2 Å². The topological polar surface area (TPSA) is 29.2 Å². The molecule has 2 fully saturated rings. The lowest BCUT2D eigenvalue weighted by Crippen LogP contribution is -2.47. The summed E-state index contributed by atoms with van der Waals surface area (Å²) in [4.78, 5) is 4.46. The SMILES string of the molecule is CCn1c(C2CC2)nn(CN2CCN(c3ccccc3F)CC2)c1=S. The number of para-hydroxylation sites is 1. The number of benzene rings is 1. The fourth-order valence-electron chi connectivity index (χ4n) is 3.52. The maximum atomic E-state index is 14.0. The first-order valence-electron chi connectivity index (χ1n) is 9.06. The molecule has 25 heavy (non-hydrogen) atoms. The molecule has 0 bridgehead atoms. The van der Waals surface area contributed by atoms with Gasteiger partial charge in [0.25, 0.3) is 0 Å². The van der Waals surface area contributed by atoms with Crippen molar-refractivity contribution in [2.75, 3.05) is 31.1 Å². The van der Waals surface area contributed by atoms with Crippen molar-refractivity contribution in [2.45, 2.75) is 38.9 Å². The number of anilines is 1. The van der Waals surface area contributed by atoms with E-state index in [9.17, 15) is 4.39 Å². The Labute approximate surface area is 152 Å². The highest BCUT2D eigenvalue weighted by molar-refractivity contribution is 7.71. The summed E-state index contributed by atoms with van der Waals surface area (Å²) < 4.78 is 18.9. The predicted molar refractivity (Wildman–Crippen MR) is 98.9 cm³/mol. The Kier molecular flexibility index (Phi) is 4.60. The molecule has 7 heteroatoms. The molecule has 4 rings (SSSR count). The summed E-state index contributed by atoms with van der Waals surface area (Å²) in [7, 11) is 0. The Morgan fingerprint density at radius 3 is 2.52 bits per heavy atom. The van der Waals surface area contributed by atoms with E-state index in [1.54, 1.807) is 6.07 Å². The minimum atomic E-state index is -0.145. The van der Waals surface area contributed by atoms with Crippen molar-refractivity contribution in [3.8, 4) is 0 Å². The summed E-state index contributed by atoms with van der Waals surface area (Å²) >= 11 is 5.62. The Bertz CT molecular complexity index is 802. The van der Waals surface area contributed by atoms with Crippen molar-refractivity contribution < 1.29 is 4.39 Å². The molecule has 1 aliphatic heterocycles. The van der Waals surface area contributed by atoms with Gasteiger partial charge in [-0.3, -0.25) is 4.90 Å². The lowest BCUT2D eigenvalue weighted by atomic mass is 10.2. The highest BCUT2D eigenvalue weighted by atomic mass is 32.1. The van der Waals surface area contributed by atoms with Crippen molar-refractivity contribution >= 4 is 17.9 Å². The van der Waals surface area contributed by atoms with Crippen LogP contribution in [0.2, 0.25) is 0 Å². The molecule has 1 saturated heterocycles. The van der Waals surface area contributed by atoms with E-state index in [0.717, 1.165) is 50.0 Å². The summed E-state index contributed by atoms with van der Waals surface area (Å²) in [5, 5.41) is 4.79. The highest BCUT2D eigenvalue weighted by Crippen LogP contribution is 2.39. The number of hydrogen-bond donors (Lipinski definition) is 0. The van der Waals surface area contributed by atoms with Gasteiger partial charge in [-0.2, -0.15) is 5.10 Å². The number of hydrogen-bond acceptors (Lipinski definition) is 4.